The average molecular weight is 263 g/mol. The van der Waals surface area contributed by atoms with E-state index in [1.165, 1.54) is 6.92 Å². The van der Waals surface area contributed by atoms with Gasteiger partial charge in [-0.3, -0.25) is 0 Å². The Hall–Kier alpha value is -1.53. The summed E-state index contributed by atoms with van der Waals surface area (Å²) < 4.78 is 9.94. The highest BCUT2D eigenvalue weighted by atomic mass is 17.0. The summed E-state index contributed by atoms with van der Waals surface area (Å²) in [5.74, 6) is 0.154. The third kappa shape index (κ3) is 6.93. The fourth-order valence-electron chi connectivity index (χ4n) is 0.870. The molecule has 0 fully saturated rings. The second kappa shape index (κ2) is 7.03. The van der Waals surface area contributed by atoms with Crippen molar-refractivity contribution >= 4 is 6.16 Å². The molecule has 106 valence electrons. The van der Waals surface area contributed by atoms with Gasteiger partial charge in [0, 0.05) is 6.42 Å². The number of nitrogens with zero attached hydrogens (tertiary/aromatic N) is 1. The van der Waals surface area contributed by atoms with Crippen LogP contribution in [0.15, 0.2) is 0 Å². The SMILES string of the molecule is CC(CCOC(=O)OC(C)(C)C(C)C)O[N+](=O)[O-]. The molecule has 0 aliphatic carbocycles. The Kier molecular flexibility index (Phi) is 6.43. The van der Waals surface area contributed by atoms with Gasteiger partial charge in [-0.05, 0) is 26.7 Å². The molecule has 18 heavy (non-hydrogen) atoms. The second-order valence-electron chi connectivity index (χ2n) is 4.89. The lowest BCUT2D eigenvalue weighted by Crippen LogP contribution is -2.34. The molecule has 7 heteroatoms. The Bertz CT molecular complexity index is 289. The summed E-state index contributed by atoms with van der Waals surface area (Å²) in [5, 5.41) is 9.15. The summed E-state index contributed by atoms with van der Waals surface area (Å²) in [6.07, 6.45) is -1.16. The molecule has 0 aromatic rings. The molecule has 0 rings (SSSR count). The fourth-order valence-corrected chi connectivity index (χ4v) is 0.870. The lowest BCUT2D eigenvalue weighted by Gasteiger charge is -2.28. The molecule has 0 bridgehead atoms. The molecule has 0 aliphatic heterocycles. The highest BCUT2D eigenvalue weighted by Crippen LogP contribution is 2.20. The van der Waals surface area contributed by atoms with Gasteiger partial charge in [-0.15, -0.1) is 10.1 Å². The van der Waals surface area contributed by atoms with Gasteiger partial charge < -0.3 is 14.3 Å². The average Bonchev–Trinajstić information content (AvgIpc) is 2.14. The number of hydrogen-bond donors (Lipinski definition) is 0. The number of ether oxygens (including phenoxy) is 2. The molecule has 0 amide bonds. The normalized spacial score (nSPS) is 13.0. The van der Waals surface area contributed by atoms with E-state index in [-0.39, 0.29) is 18.9 Å². The van der Waals surface area contributed by atoms with Crippen molar-refractivity contribution < 1.29 is 24.2 Å². The van der Waals surface area contributed by atoms with Crippen molar-refractivity contribution in [1.29, 1.82) is 0 Å². The fraction of sp³-hybridized carbons (Fsp3) is 0.909. The maximum Gasteiger partial charge on any atom is 0.508 e. The molecule has 1 unspecified atom stereocenters. The van der Waals surface area contributed by atoms with Crippen molar-refractivity contribution in [1.82, 2.24) is 0 Å². The molecule has 0 radical (unpaired) electrons. The summed E-state index contributed by atoms with van der Waals surface area (Å²) in [6.45, 7) is 8.98. The molecular weight excluding hydrogens is 242 g/mol. The third-order valence-electron chi connectivity index (χ3n) is 2.75. The summed E-state index contributed by atoms with van der Waals surface area (Å²) in [7, 11) is 0. The zero-order valence-electron chi connectivity index (χ0n) is 11.5. The number of carbonyl (C=O) groups excluding carboxylic acids is 1. The van der Waals surface area contributed by atoms with E-state index in [0.717, 1.165) is 0 Å². The molecule has 0 aromatic heterocycles. The van der Waals surface area contributed by atoms with Crippen LogP contribution in [-0.4, -0.2) is 29.6 Å². The highest BCUT2D eigenvalue weighted by Gasteiger charge is 2.27. The van der Waals surface area contributed by atoms with Crippen LogP contribution < -0.4 is 0 Å². The minimum absolute atomic E-state index is 0.0159. The van der Waals surface area contributed by atoms with E-state index in [2.05, 4.69) is 4.84 Å². The van der Waals surface area contributed by atoms with Crippen LogP contribution in [-0.2, 0) is 14.3 Å². The predicted molar refractivity (Wildman–Crippen MR) is 63.5 cm³/mol. The van der Waals surface area contributed by atoms with Crippen molar-refractivity contribution in [3.05, 3.63) is 10.1 Å². The van der Waals surface area contributed by atoms with Crippen molar-refractivity contribution in [3.8, 4) is 0 Å². The van der Waals surface area contributed by atoms with Gasteiger partial charge >= 0.3 is 6.16 Å². The van der Waals surface area contributed by atoms with Crippen LogP contribution in [0.5, 0.6) is 0 Å². The Labute approximate surface area is 106 Å². The van der Waals surface area contributed by atoms with E-state index in [1.54, 1.807) is 13.8 Å². The van der Waals surface area contributed by atoms with Gasteiger partial charge in [0.05, 0.1) is 6.61 Å². The molecule has 0 aromatic carbocycles. The van der Waals surface area contributed by atoms with Crippen LogP contribution >= 0.6 is 0 Å². The van der Waals surface area contributed by atoms with Gasteiger partial charge in [-0.25, -0.2) is 4.79 Å². The molecule has 0 spiro atoms. The monoisotopic (exact) mass is 263 g/mol. The first-order valence-corrected chi connectivity index (χ1v) is 5.82. The highest BCUT2D eigenvalue weighted by molar-refractivity contribution is 5.60. The summed E-state index contributed by atoms with van der Waals surface area (Å²) in [5.41, 5.74) is -0.611. The number of rotatable bonds is 7. The Morgan fingerprint density at radius 3 is 2.33 bits per heavy atom. The van der Waals surface area contributed by atoms with Gasteiger partial charge in [-0.1, -0.05) is 13.8 Å². The molecular formula is C11H21NO6. The first-order chi connectivity index (χ1) is 8.15. The van der Waals surface area contributed by atoms with Crippen LogP contribution in [0.1, 0.15) is 41.0 Å². The van der Waals surface area contributed by atoms with Crippen molar-refractivity contribution in [2.75, 3.05) is 6.61 Å². The van der Waals surface area contributed by atoms with Crippen molar-refractivity contribution in [3.63, 3.8) is 0 Å². The summed E-state index contributed by atoms with van der Waals surface area (Å²) in [4.78, 5) is 25.6. The first kappa shape index (κ1) is 16.5. The third-order valence-corrected chi connectivity index (χ3v) is 2.75. The second-order valence-corrected chi connectivity index (χ2v) is 4.89. The Morgan fingerprint density at radius 1 is 1.33 bits per heavy atom. The van der Waals surface area contributed by atoms with Gasteiger partial charge in [-0.2, -0.15) is 0 Å². The van der Waals surface area contributed by atoms with E-state index in [9.17, 15) is 14.9 Å². The summed E-state index contributed by atoms with van der Waals surface area (Å²) in [6, 6.07) is 0. The molecule has 0 saturated carbocycles. The van der Waals surface area contributed by atoms with E-state index >= 15 is 0 Å². The summed E-state index contributed by atoms with van der Waals surface area (Å²) >= 11 is 0. The first-order valence-electron chi connectivity index (χ1n) is 5.82. The topological polar surface area (TPSA) is 87.9 Å². The van der Waals surface area contributed by atoms with Crippen molar-refractivity contribution in [2.45, 2.75) is 52.7 Å². The number of carbonyl (C=O) groups is 1. The lowest BCUT2D eigenvalue weighted by atomic mass is 9.95. The van der Waals surface area contributed by atoms with Gasteiger partial charge in [0.1, 0.15) is 11.7 Å². The largest absolute Gasteiger partial charge is 0.508 e. The Morgan fingerprint density at radius 2 is 1.89 bits per heavy atom. The van der Waals surface area contributed by atoms with Crippen LogP contribution in [0.2, 0.25) is 0 Å². The minimum atomic E-state index is -0.870. The Balaban J connectivity index is 3.88. The zero-order valence-corrected chi connectivity index (χ0v) is 11.5. The van der Waals surface area contributed by atoms with Crippen LogP contribution in [0, 0.1) is 16.0 Å². The van der Waals surface area contributed by atoms with Gasteiger partial charge in [0.25, 0.3) is 5.09 Å². The minimum Gasteiger partial charge on any atom is -0.434 e. The van der Waals surface area contributed by atoms with E-state index in [0.29, 0.717) is 0 Å². The quantitative estimate of drug-likeness (QED) is 0.398. The molecule has 0 saturated heterocycles. The maximum atomic E-state index is 11.3. The number of hydrogen-bond acceptors (Lipinski definition) is 6. The zero-order chi connectivity index (χ0) is 14.3. The van der Waals surface area contributed by atoms with E-state index in [4.69, 9.17) is 9.47 Å². The molecule has 1 atom stereocenters. The van der Waals surface area contributed by atoms with Crippen LogP contribution in [0.4, 0.5) is 4.79 Å². The van der Waals surface area contributed by atoms with Crippen molar-refractivity contribution in [2.24, 2.45) is 5.92 Å². The van der Waals surface area contributed by atoms with Crippen LogP contribution in [0.3, 0.4) is 0 Å². The predicted octanol–water partition coefficient (Wildman–Crippen LogP) is 2.56. The van der Waals surface area contributed by atoms with Gasteiger partial charge in [0.2, 0.25) is 0 Å². The molecule has 7 nitrogen and oxygen atoms in total. The standard InChI is InChI=1S/C11H21NO6/c1-8(2)11(4,5)17-10(13)16-7-6-9(3)18-12(14)15/h8-9H,6-7H2,1-5H3. The molecule has 0 N–H and O–H groups in total. The molecule has 0 heterocycles. The van der Waals surface area contributed by atoms with E-state index < -0.39 is 22.9 Å². The van der Waals surface area contributed by atoms with Gasteiger partial charge in [0.15, 0.2) is 0 Å². The smallest absolute Gasteiger partial charge is 0.434 e. The molecule has 0 aliphatic rings. The lowest BCUT2D eigenvalue weighted by molar-refractivity contribution is -0.767. The van der Waals surface area contributed by atoms with E-state index in [1.807, 2.05) is 13.8 Å². The maximum absolute atomic E-state index is 11.3. The van der Waals surface area contributed by atoms with Crippen LogP contribution in [0.25, 0.3) is 0 Å².